The van der Waals surface area contributed by atoms with Crippen LogP contribution >= 0.6 is 0 Å². The summed E-state index contributed by atoms with van der Waals surface area (Å²) in [6.45, 7) is 3.78. The molecular formula is C33H26N4O4. The van der Waals surface area contributed by atoms with E-state index in [-0.39, 0.29) is 11.8 Å². The maximum Gasteiger partial charge on any atom is 0.240 e. The summed E-state index contributed by atoms with van der Waals surface area (Å²) in [5.74, 6) is 1.46. The number of hydrogen-bond acceptors (Lipinski definition) is 6. The van der Waals surface area contributed by atoms with E-state index in [9.17, 15) is 9.59 Å². The monoisotopic (exact) mass is 542 g/mol. The van der Waals surface area contributed by atoms with Gasteiger partial charge in [-0.15, -0.1) is 0 Å². The van der Waals surface area contributed by atoms with Gasteiger partial charge in [0.1, 0.15) is 28.4 Å². The highest BCUT2D eigenvalue weighted by Crippen LogP contribution is 2.48. The van der Waals surface area contributed by atoms with Crippen LogP contribution in [0.25, 0.3) is 0 Å². The van der Waals surface area contributed by atoms with E-state index < -0.39 is 5.41 Å². The molecule has 2 amide bonds. The number of aryl methyl sites for hydroxylation is 2. The smallest absolute Gasteiger partial charge is 0.240 e. The topological polar surface area (TPSA) is 124 Å². The van der Waals surface area contributed by atoms with E-state index in [2.05, 4.69) is 22.8 Å². The van der Waals surface area contributed by atoms with E-state index in [0.717, 1.165) is 11.1 Å². The number of rotatable bonds is 8. The molecule has 4 aromatic rings. The fraction of sp³-hybridized carbons (Fsp3) is 0.152. The van der Waals surface area contributed by atoms with E-state index in [0.29, 0.717) is 58.3 Å². The van der Waals surface area contributed by atoms with Gasteiger partial charge in [0.15, 0.2) is 0 Å². The zero-order valence-corrected chi connectivity index (χ0v) is 22.5. The lowest BCUT2D eigenvalue weighted by molar-refractivity contribution is -0.131. The van der Waals surface area contributed by atoms with Gasteiger partial charge in [-0.3, -0.25) is 9.59 Å². The van der Waals surface area contributed by atoms with Crippen LogP contribution in [0.5, 0.6) is 23.0 Å². The highest BCUT2D eigenvalue weighted by molar-refractivity contribution is 6.17. The van der Waals surface area contributed by atoms with Crippen molar-refractivity contribution < 1.29 is 19.1 Å². The maximum absolute atomic E-state index is 13.3. The Hall–Kier alpha value is -5.60. The third-order valence-electron chi connectivity index (χ3n) is 6.93. The standard InChI is InChI=1S/C33H26N4O4/c1-21-3-9-25(17-29(21)40-27-11-5-23(19-34)6-12-27)36-31(38)33(15-16-33)32(39)37-26-10-4-22(2)30(18-26)41-28-13-7-24(20-35)8-14-28/h3-14,17-18H,15-16H2,1-2H3,(H,36,38)(H,37,39). The third kappa shape index (κ3) is 6.03. The Labute approximate surface area is 237 Å². The van der Waals surface area contributed by atoms with Crippen LogP contribution in [0, 0.1) is 41.9 Å². The predicted octanol–water partition coefficient (Wildman–Crippen LogP) is 6.99. The van der Waals surface area contributed by atoms with Crippen LogP contribution in [-0.2, 0) is 9.59 Å². The Morgan fingerprint density at radius 1 is 0.659 bits per heavy atom. The van der Waals surface area contributed by atoms with E-state index >= 15 is 0 Å². The number of carbonyl (C=O) groups excluding carboxylic acids is 2. The van der Waals surface area contributed by atoms with Gasteiger partial charge in [-0.1, -0.05) is 12.1 Å². The molecule has 4 aromatic carbocycles. The molecule has 0 aromatic heterocycles. The van der Waals surface area contributed by atoms with Gasteiger partial charge in [-0.25, -0.2) is 0 Å². The molecule has 0 spiro atoms. The second kappa shape index (κ2) is 11.3. The van der Waals surface area contributed by atoms with Crippen molar-refractivity contribution in [3.8, 4) is 35.1 Å². The zero-order chi connectivity index (χ0) is 29.0. The Morgan fingerprint density at radius 2 is 1.05 bits per heavy atom. The lowest BCUT2D eigenvalue weighted by Crippen LogP contribution is -2.35. The Kier molecular flexibility index (Phi) is 7.41. The van der Waals surface area contributed by atoms with Crippen LogP contribution in [-0.4, -0.2) is 11.8 Å². The lowest BCUT2D eigenvalue weighted by Gasteiger charge is -2.17. The number of nitriles is 2. The maximum atomic E-state index is 13.3. The van der Waals surface area contributed by atoms with Crippen molar-refractivity contribution in [3.63, 3.8) is 0 Å². The molecule has 41 heavy (non-hydrogen) atoms. The van der Waals surface area contributed by atoms with E-state index in [1.165, 1.54) is 0 Å². The van der Waals surface area contributed by atoms with Gasteiger partial charge in [0.25, 0.3) is 0 Å². The van der Waals surface area contributed by atoms with Crippen molar-refractivity contribution in [2.75, 3.05) is 10.6 Å². The molecule has 0 unspecified atom stereocenters. The molecule has 202 valence electrons. The minimum atomic E-state index is -1.17. The molecule has 1 saturated carbocycles. The number of anilines is 2. The molecule has 8 heteroatoms. The molecule has 1 fully saturated rings. The van der Waals surface area contributed by atoms with Crippen LogP contribution in [0.1, 0.15) is 35.1 Å². The summed E-state index contributed by atoms with van der Waals surface area (Å²) in [7, 11) is 0. The summed E-state index contributed by atoms with van der Waals surface area (Å²) in [4.78, 5) is 26.6. The van der Waals surface area contributed by atoms with E-state index in [1.54, 1.807) is 72.8 Å². The van der Waals surface area contributed by atoms with Gasteiger partial charge < -0.3 is 20.1 Å². The Morgan fingerprint density at radius 3 is 1.39 bits per heavy atom. The summed E-state index contributed by atoms with van der Waals surface area (Å²) < 4.78 is 11.9. The van der Waals surface area contributed by atoms with Crippen LogP contribution in [0.4, 0.5) is 11.4 Å². The molecule has 0 radical (unpaired) electrons. The highest BCUT2D eigenvalue weighted by atomic mass is 16.5. The summed E-state index contributed by atoms with van der Waals surface area (Å²) in [5.41, 5.74) is 2.65. The van der Waals surface area contributed by atoms with Crippen molar-refractivity contribution in [2.24, 2.45) is 5.41 Å². The van der Waals surface area contributed by atoms with Crippen molar-refractivity contribution in [3.05, 3.63) is 107 Å². The Bertz CT molecular complexity index is 1590. The van der Waals surface area contributed by atoms with Crippen molar-refractivity contribution in [2.45, 2.75) is 26.7 Å². The Balaban J connectivity index is 1.26. The highest BCUT2D eigenvalue weighted by Gasteiger charge is 2.56. The van der Waals surface area contributed by atoms with E-state index in [1.807, 2.05) is 26.0 Å². The fourth-order valence-electron chi connectivity index (χ4n) is 4.21. The largest absolute Gasteiger partial charge is 0.457 e. The molecule has 1 aliphatic rings. The first-order valence-corrected chi connectivity index (χ1v) is 13.0. The fourth-order valence-corrected chi connectivity index (χ4v) is 4.21. The van der Waals surface area contributed by atoms with Crippen molar-refractivity contribution >= 4 is 23.2 Å². The minimum absolute atomic E-state index is 0.385. The summed E-state index contributed by atoms with van der Waals surface area (Å²) in [6, 6.07) is 28.3. The zero-order valence-electron chi connectivity index (χ0n) is 22.5. The van der Waals surface area contributed by atoms with E-state index in [4.69, 9.17) is 20.0 Å². The SMILES string of the molecule is Cc1ccc(NC(=O)C2(C(=O)Nc3ccc(C)c(Oc4ccc(C#N)cc4)c3)CC2)cc1Oc1ccc(C#N)cc1. The van der Waals surface area contributed by atoms with Crippen molar-refractivity contribution in [1.82, 2.24) is 0 Å². The lowest BCUT2D eigenvalue weighted by atomic mass is 10.0. The molecule has 0 atom stereocenters. The normalized spacial score (nSPS) is 12.8. The summed E-state index contributed by atoms with van der Waals surface area (Å²) >= 11 is 0. The summed E-state index contributed by atoms with van der Waals surface area (Å²) in [6.07, 6.45) is 0.872. The molecule has 0 saturated heterocycles. The second-order valence-electron chi connectivity index (χ2n) is 9.93. The van der Waals surface area contributed by atoms with Crippen LogP contribution in [0.15, 0.2) is 84.9 Å². The van der Waals surface area contributed by atoms with Gasteiger partial charge in [0.2, 0.25) is 11.8 Å². The first-order chi connectivity index (χ1) is 19.8. The van der Waals surface area contributed by atoms with Gasteiger partial charge in [-0.05, 0) is 98.5 Å². The molecule has 2 N–H and O–H groups in total. The van der Waals surface area contributed by atoms with Gasteiger partial charge >= 0.3 is 0 Å². The molecule has 5 rings (SSSR count). The number of nitrogens with zero attached hydrogens (tertiary/aromatic N) is 2. The quantitative estimate of drug-likeness (QED) is 0.231. The third-order valence-corrected chi connectivity index (χ3v) is 6.93. The van der Waals surface area contributed by atoms with Crippen molar-refractivity contribution in [1.29, 1.82) is 10.5 Å². The number of ether oxygens (including phenoxy) is 2. The first kappa shape index (κ1) is 27.0. The molecule has 8 nitrogen and oxygen atoms in total. The number of nitrogens with one attached hydrogen (secondary N) is 2. The van der Waals surface area contributed by atoms with Gasteiger partial charge in [-0.2, -0.15) is 10.5 Å². The van der Waals surface area contributed by atoms with Gasteiger partial charge in [0.05, 0.1) is 23.3 Å². The number of amides is 2. The number of carbonyl (C=O) groups is 2. The first-order valence-electron chi connectivity index (χ1n) is 13.0. The molecule has 0 aliphatic heterocycles. The molecular weight excluding hydrogens is 516 g/mol. The van der Waals surface area contributed by atoms with Crippen LogP contribution in [0.3, 0.4) is 0 Å². The molecule has 1 aliphatic carbocycles. The second-order valence-corrected chi connectivity index (χ2v) is 9.93. The average Bonchev–Trinajstić information content (AvgIpc) is 3.80. The van der Waals surface area contributed by atoms with Crippen LogP contribution < -0.4 is 20.1 Å². The minimum Gasteiger partial charge on any atom is -0.457 e. The molecule has 0 heterocycles. The average molecular weight is 543 g/mol. The predicted molar refractivity (Wildman–Crippen MR) is 154 cm³/mol. The van der Waals surface area contributed by atoms with Gasteiger partial charge in [0, 0.05) is 23.5 Å². The number of benzene rings is 4. The number of hydrogen-bond donors (Lipinski definition) is 2. The van der Waals surface area contributed by atoms with Crippen LogP contribution in [0.2, 0.25) is 0 Å². The molecule has 0 bridgehead atoms. The summed E-state index contributed by atoms with van der Waals surface area (Å²) in [5, 5.41) is 23.7.